The van der Waals surface area contributed by atoms with Crippen LogP contribution in [0.15, 0.2) is 18.2 Å². The van der Waals surface area contributed by atoms with E-state index in [2.05, 4.69) is 11.4 Å². The molecule has 1 unspecified atom stereocenters. The first kappa shape index (κ1) is 11.0. The van der Waals surface area contributed by atoms with Gasteiger partial charge < -0.3 is 4.90 Å². The Balaban J connectivity index is 1.86. The van der Waals surface area contributed by atoms with Crippen LogP contribution < -0.4 is 5.32 Å². The molecule has 3 rings (SSSR count). The van der Waals surface area contributed by atoms with E-state index >= 15 is 0 Å². The number of hydrogen-bond donors (Lipinski definition) is 1. The van der Waals surface area contributed by atoms with Gasteiger partial charge >= 0.3 is 0 Å². The van der Waals surface area contributed by atoms with Gasteiger partial charge in [-0.05, 0) is 30.2 Å². The molecule has 3 amide bonds. The van der Waals surface area contributed by atoms with Gasteiger partial charge in [-0.3, -0.25) is 19.7 Å². The van der Waals surface area contributed by atoms with Crippen LogP contribution in [0.1, 0.15) is 28.8 Å². The van der Waals surface area contributed by atoms with Crippen molar-refractivity contribution in [1.29, 1.82) is 0 Å². The second-order valence-corrected chi connectivity index (χ2v) is 4.48. The topological polar surface area (TPSA) is 66.5 Å². The summed E-state index contributed by atoms with van der Waals surface area (Å²) in [6.07, 6.45) is 0.677. The van der Waals surface area contributed by atoms with Crippen molar-refractivity contribution in [3.8, 4) is 0 Å². The van der Waals surface area contributed by atoms with Crippen LogP contribution in [0.4, 0.5) is 0 Å². The highest BCUT2D eigenvalue weighted by atomic mass is 16.2. The number of piperidine rings is 1. The van der Waals surface area contributed by atoms with Crippen molar-refractivity contribution >= 4 is 17.7 Å². The van der Waals surface area contributed by atoms with Crippen LogP contribution in [0, 0.1) is 6.07 Å². The average Bonchev–Trinajstić information content (AvgIpc) is 2.68. The summed E-state index contributed by atoms with van der Waals surface area (Å²) in [5.41, 5.74) is 1.51. The molecule has 2 aliphatic heterocycles. The Morgan fingerprint density at radius 2 is 2.17 bits per heavy atom. The predicted molar refractivity (Wildman–Crippen MR) is 61.3 cm³/mol. The number of imide groups is 1. The van der Waals surface area contributed by atoms with E-state index < -0.39 is 6.04 Å². The molecule has 18 heavy (non-hydrogen) atoms. The number of nitrogens with zero attached hydrogens (tertiary/aromatic N) is 1. The van der Waals surface area contributed by atoms with Gasteiger partial charge in [0, 0.05) is 18.5 Å². The predicted octanol–water partition coefficient (Wildman–Crippen LogP) is 0.248. The molecule has 5 nitrogen and oxygen atoms in total. The lowest BCUT2D eigenvalue weighted by Gasteiger charge is -2.29. The van der Waals surface area contributed by atoms with Gasteiger partial charge in [-0.1, -0.05) is 6.07 Å². The largest absolute Gasteiger partial charge is 0.322 e. The third-order valence-corrected chi connectivity index (χ3v) is 3.37. The van der Waals surface area contributed by atoms with Crippen LogP contribution in [0.5, 0.6) is 0 Å². The molecule has 1 saturated heterocycles. The maximum atomic E-state index is 12.2. The van der Waals surface area contributed by atoms with E-state index in [1.807, 2.05) is 0 Å². The van der Waals surface area contributed by atoms with Crippen molar-refractivity contribution < 1.29 is 14.4 Å². The first-order valence-electron chi connectivity index (χ1n) is 5.80. The summed E-state index contributed by atoms with van der Waals surface area (Å²) >= 11 is 0. The zero-order valence-electron chi connectivity index (χ0n) is 9.60. The zero-order valence-corrected chi connectivity index (χ0v) is 9.60. The molecule has 1 N–H and O–H groups in total. The van der Waals surface area contributed by atoms with E-state index in [4.69, 9.17) is 0 Å². The monoisotopic (exact) mass is 243 g/mol. The summed E-state index contributed by atoms with van der Waals surface area (Å²) in [6.45, 7) is 0.414. The Hall–Kier alpha value is -2.17. The molecule has 91 valence electrons. The summed E-state index contributed by atoms with van der Waals surface area (Å²) in [7, 11) is 0. The van der Waals surface area contributed by atoms with E-state index in [-0.39, 0.29) is 24.1 Å². The number of carbonyl (C=O) groups excluding carboxylic acids is 3. The lowest BCUT2D eigenvalue weighted by molar-refractivity contribution is -0.136. The number of amides is 3. The summed E-state index contributed by atoms with van der Waals surface area (Å²) < 4.78 is 0. The lowest BCUT2D eigenvalue weighted by Crippen LogP contribution is -2.52. The molecule has 5 heteroatoms. The van der Waals surface area contributed by atoms with Crippen molar-refractivity contribution in [3.05, 3.63) is 35.4 Å². The van der Waals surface area contributed by atoms with E-state index in [1.54, 1.807) is 18.2 Å². The molecule has 0 bridgehead atoms. The Bertz CT molecular complexity index is 553. The van der Waals surface area contributed by atoms with E-state index in [0.29, 0.717) is 18.5 Å². The Labute approximate surface area is 104 Å². The summed E-state index contributed by atoms with van der Waals surface area (Å²) in [5, 5.41) is 2.27. The zero-order chi connectivity index (χ0) is 12.7. The first-order valence-corrected chi connectivity index (χ1v) is 5.80. The van der Waals surface area contributed by atoms with Crippen LogP contribution in [0.3, 0.4) is 0 Å². The highest BCUT2D eigenvalue weighted by Gasteiger charge is 2.38. The Kier molecular flexibility index (Phi) is 2.40. The van der Waals surface area contributed by atoms with Gasteiger partial charge in [-0.15, -0.1) is 0 Å². The van der Waals surface area contributed by atoms with Crippen molar-refractivity contribution in [2.45, 2.75) is 25.4 Å². The van der Waals surface area contributed by atoms with Gasteiger partial charge in [0.05, 0.1) is 0 Å². The molecule has 1 fully saturated rings. The molecule has 0 aliphatic carbocycles. The third kappa shape index (κ3) is 1.59. The SMILES string of the molecule is O=C1CCC(N2Cc3c[c]ccc3C2=O)C(=O)N1. The van der Waals surface area contributed by atoms with Crippen LogP contribution in [0.25, 0.3) is 0 Å². The Morgan fingerprint density at radius 1 is 1.33 bits per heavy atom. The van der Waals surface area contributed by atoms with Crippen LogP contribution in [-0.2, 0) is 16.1 Å². The number of carbonyl (C=O) groups is 3. The molecule has 1 aromatic rings. The van der Waals surface area contributed by atoms with Gasteiger partial charge in [0.15, 0.2) is 0 Å². The standard InChI is InChI=1S/C13H11N2O3/c16-11-6-5-10(12(17)14-11)15-7-8-3-1-2-4-9(8)13(15)18/h2-4,10H,5-7H2,(H,14,16,17). The van der Waals surface area contributed by atoms with Crippen molar-refractivity contribution in [2.24, 2.45) is 0 Å². The number of hydrogen-bond acceptors (Lipinski definition) is 3. The average molecular weight is 243 g/mol. The molecule has 1 aromatic carbocycles. The van der Waals surface area contributed by atoms with Gasteiger partial charge in [0.1, 0.15) is 6.04 Å². The summed E-state index contributed by atoms with van der Waals surface area (Å²) in [5.74, 6) is -0.793. The molecular formula is C13H11N2O3. The van der Waals surface area contributed by atoms with E-state index in [0.717, 1.165) is 5.56 Å². The molecule has 0 aromatic heterocycles. The maximum Gasteiger partial charge on any atom is 0.255 e. The molecule has 0 saturated carbocycles. The summed E-state index contributed by atoms with van der Waals surface area (Å²) in [6, 6.07) is 7.54. The quantitative estimate of drug-likeness (QED) is 0.719. The minimum Gasteiger partial charge on any atom is -0.322 e. The number of fused-ring (bicyclic) bond motifs is 1. The smallest absolute Gasteiger partial charge is 0.255 e. The molecule has 1 atom stereocenters. The second-order valence-electron chi connectivity index (χ2n) is 4.48. The maximum absolute atomic E-state index is 12.2. The summed E-state index contributed by atoms with van der Waals surface area (Å²) in [4.78, 5) is 36.5. The molecule has 2 aliphatic rings. The van der Waals surface area contributed by atoms with Crippen molar-refractivity contribution in [2.75, 3.05) is 0 Å². The van der Waals surface area contributed by atoms with Crippen molar-refractivity contribution in [1.82, 2.24) is 10.2 Å². The molecular weight excluding hydrogens is 232 g/mol. The van der Waals surface area contributed by atoms with Crippen molar-refractivity contribution in [3.63, 3.8) is 0 Å². The highest BCUT2D eigenvalue weighted by Crippen LogP contribution is 2.26. The fraction of sp³-hybridized carbons (Fsp3) is 0.308. The number of rotatable bonds is 1. The van der Waals surface area contributed by atoms with Gasteiger partial charge in [-0.25, -0.2) is 0 Å². The molecule has 0 spiro atoms. The minimum absolute atomic E-state index is 0.145. The molecule has 1 radical (unpaired) electrons. The molecule has 2 heterocycles. The first-order chi connectivity index (χ1) is 8.66. The minimum atomic E-state index is -0.539. The number of nitrogens with one attached hydrogen (secondary N) is 1. The normalized spacial score (nSPS) is 23.0. The highest BCUT2D eigenvalue weighted by molar-refractivity contribution is 6.05. The van der Waals surface area contributed by atoms with Gasteiger partial charge in [0.25, 0.3) is 5.91 Å². The Morgan fingerprint density at radius 3 is 2.89 bits per heavy atom. The second kappa shape index (κ2) is 3.94. The van der Waals surface area contributed by atoms with Gasteiger partial charge in [0.2, 0.25) is 11.8 Å². The van der Waals surface area contributed by atoms with E-state index in [9.17, 15) is 14.4 Å². The van der Waals surface area contributed by atoms with Crippen LogP contribution in [-0.4, -0.2) is 28.7 Å². The fourth-order valence-corrected chi connectivity index (χ4v) is 2.45. The lowest BCUT2D eigenvalue weighted by atomic mass is 10.0. The fourth-order valence-electron chi connectivity index (χ4n) is 2.45. The third-order valence-electron chi connectivity index (χ3n) is 3.37. The number of benzene rings is 1. The van der Waals surface area contributed by atoms with Crippen LogP contribution in [0.2, 0.25) is 0 Å². The van der Waals surface area contributed by atoms with Gasteiger partial charge in [-0.2, -0.15) is 0 Å². The van der Waals surface area contributed by atoms with E-state index in [1.165, 1.54) is 4.90 Å². The van der Waals surface area contributed by atoms with Crippen LogP contribution >= 0.6 is 0 Å².